The molecule has 0 spiro atoms. The molecular formula is C12H11BrN2OS. The Morgan fingerprint density at radius 2 is 2.18 bits per heavy atom. The zero-order chi connectivity index (χ0) is 12.4. The van der Waals surface area contributed by atoms with Crippen LogP contribution in [0.1, 0.15) is 21.1 Å². The second-order valence-corrected chi connectivity index (χ2v) is 5.50. The highest BCUT2D eigenvalue weighted by Gasteiger charge is 2.11. The Morgan fingerprint density at radius 3 is 2.82 bits per heavy atom. The predicted octanol–water partition coefficient (Wildman–Crippen LogP) is 3.77. The van der Waals surface area contributed by atoms with E-state index in [4.69, 9.17) is 0 Å². The lowest BCUT2D eigenvalue weighted by atomic mass is 10.2. The lowest BCUT2D eigenvalue weighted by Gasteiger charge is -2.07. The Morgan fingerprint density at radius 1 is 1.41 bits per heavy atom. The highest BCUT2D eigenvalue weighted by Crippen LogP contribution is 2.26. The Hall–Kier alpha value is -1.20. The highest BCUT2D eigenvalue weighted by atomic mass is 79.9. The number of hydrogen-bond donors (Lipinski definition) is 1. The van der Waals surface area contributed by atoms with Crippen LogP contribution in [0.25, 0.3) is 0 Å². The van der Waals surface area contributed by atoms with Crippen molar-refractivity contribution in [3.63, 3.8) is 0 Å². The van der Waals surface area contributed by atoms with Gasteiger partial charge in [0.05, 0.1) is 10.7 Å². The number of thiazole rings is 1. The average Bonchev–Trinajstić information content (AvgIpc) is 2.72. The van der Waals surface area contributed by atoms with E-state index in [0.717, 1.165) is 20.7 Å². The third kappa shape index (κ3) is 2.73. The average molecular weight is 311 g/mol. The number of anilines is 1. The maximum absolute atomic E-state index is 11.9. The number of aryl methyl sites for hydroxylation is 2. The van der Waals surface area contributed by atoms with Crippen LogP contribution in [-0.2, 0) is 0 Å². The van der Waals surface area contributed by atoms with E-state index >= 15 is 0 Å². The summed E-state index contributed by atoms with van der Waals surface area (Å²) < 4.78 is 0.903. The van der Waals surface area contributed by atoms with Crippen molar-refractivity contribution in [2.45, 2.75) is 13.8 Å². The van der Waals surface area contributed by atoms with Crippen LogP contribution in [0.3, 0.4) is 0 Å². The molecular weight excluding hydrogens is 300 g/mol. The van der Waals surface area contributed by atoms with E-state index in [1.165, 1.54) is 11.3 Å². The van der Waals surface area contributed by atoms with Gasteiger partial charge in [-0.1, -0.05) is 12.1 Å². The number of amides is 1. The molecule has 88 valence electrons. The van der Waals surface area contributed by atoms with Crippen LogP contribution in [0, 0.1) is 13.8 Å². The molecule has 1 aromatic carbocycles. The number of rotatable bonds is 2. The molecule has 0 fully saturated rings. The smallest absolute Gasteiger partial charge is 0.275 e. The first-order chi connectivity index (χ1) is 8.08. The summed E-state index contributed by atoms with van der Waals surface area (Å²) in [4.78, 5) is 16.1. The predicted molar refractivity (Wildman–Crippen MR) is 73.7 cm³/mol. The standard InChI is InChI=1S/C12H11BrN2OS/c1-7-4-3-5-9(11(7)13)15-12(16)10-6-17-8(2)14-10/h3-6H,1-2H3,(H,15,16). The number of carbonyl (C=O) groups excluding carboxylic acids is 1. The summed E-state index contributed by atoms with van der Waals surface area (Å²) in [5, 5.41) is 5.48. The van der Waals surface area contributed by atoms with E-state index in [1.807, 2.05) is 32.0 Å². The summed E-state index contributed by atoms with van der Waals surface area (Å²) in [6.45, 7) is 3.86. The molecule has 3 nitrogen and oxygen atoms in total. The van der Waals surface area contributed by atoms with Crippen molar-refractivity contribution in [3.8, 4) is 0 Å². The normalized spacial score (nSPS) is 10.3. The van der Waals surface area contributed by atoms with Gasteiger partial charge < -0.3 is 5.32 Å². The number of nitrogens with one attached hydrogen (secondary N) is 1. The Kier molecular flexibility index (Phi) is 3.59. The number of carbonyl (C=O) groups is 1. The Bertz CT molecular complexity index is 565. The zero-order valence-corrected chi connectivity index (χ0v) is 11.9. The first kappa shape index (κ1) is 12.3. The van der Waals surface area contributed by atoms with Crippen molar-refractivity contribution >= 4 is 38.9 Å². The van der Waals surface area contributed by atoms with Crippen LogP contribution in [0.15, 0.2) is 28.1 Å². The van der Waals surface area contributed by atoms with Crippen molar-refractivity contribution in [3.05, 3.63) is 44.3 Å². The molecule has 1 N–H and O–H groups in total. The van der Waals surface area contributed by atoms with Gasteiger partial charge in [-0.25, -0.2) is 4.98 Å². The van der Waals surface area contributed by atoms with Crippen molar-refractivity contribution < 1.29 is 4.79 Å². The van der Waals surface area contributed by atoms with Crippen LogP contribution in [0.5, 0.6) is 0 Å². The molecule has 0 aliphatic rings. The first-order valence-corrected chi connectivity index (χ1v) is 6.74. The minimum Gasteiger partial charge on any atom is -0.320 e. The van der Waals surface area contributed by atoms with Gasteiger partial charge in [0.1, 0.15) is 5.69 Å². The summed E-state index contributed by atoms with van der Waals surface area (Å²) in [5.74, 6) is -0.180. The number of benzene rings is 1. The molecule has 17 heavy (non-hydrogen) atoms. The topological polar surface area (TPSA) is 42.0 Å². The monoisotopic (exact) mass is 310 g/mol. The van der Waals surface area contributed by atoms with E-state index in [0.29, 0.717) is 5.69 Å². The number of hydrogen-bond acceptors (Lipinski definition) is 3. The van der Waals surface area contributed by atoms with E-state index < -0.39 is 0 Å². The number of aromatic nitrogens is 1. The fourth-order valence-electron chi connectivity index (χ4n) is 1.40. The SMILES string of the molecule is Cc1nc(C(=O)Nc2cccc(C)c2Br)cs1. The number of halogens is 1. The van der Waals surface area contributed by atoms with Crippen molar-refractivity contribution in [2.75, 3.05) is 5.32 Å². The molecule has 0 saturated heterocycles. The van der Waals surface area contributed by atoms with Crippen molar-refractivity contribution in [1.29, 1.82) is 0 Å². The van der Waals surface area contributed by atoms with Gasteiger partial charge in [0, 0.05) is 9.85 Å². The molecule has 0 unspecified atom stereocenters. The molecule has 1 amide bonds. The van der Waals surface area contributed by atoms with Crippen LogP contribution < -0.4 is 5.32 Å². The zero-order valence-electron chi connectivity index (χ0n) is 9.45. The van der Waals surface area contributed by atoms with Gasteiger partial charge >= 0.3 is 0 Å². The molecule has 0 saturated carbocycles. The van der Waals surface area contributed by atoms with E-state index in [1.54, 1.807) is 5.38 Å². The van der Waals surface area contributed by atoms with Gasteiger partial charge in [-0.2, -0.15) is 0 Å². The summed E-state index contributed by atoms with van der Waals surface area (Å²) in [7, 11) is 0. The van der Waals surface area contributed by atoms with Gasteiger partial charge in [-0.3, -0.25) is 4.79 Å². The molecule has 0 bridgehead atoms. The molecule has 1 heterocycles. The Balaban J connectivity index is 2.21. The minimum atomic E-state index is -0.180. The minimum absolute atomic E-state index is 0.180. The molecule has 0 aliphatic carbocycles. The van der Waals surface area contributed by atoms with E-state index in [2.05, 4.69) is 26.2 Å². The molecule has 0 radical (unpaired) electrons. The lowest BCUT2D eigenvalue weighted by Crippen LogP contribution is -2.12. The van der Waals surface area contributed by atoms with Gasteiger partial charge in [0.25, 0.3) is 5.91 Å². The van der Waals surface area contributed by atoms with Crippen LogP contribution >= 0.6 is 27.3 Å². The summed E-state index contributed by atoms with van der Waals surface area (Å²) in [6.07, 6.45) is 0. The Labute approximate surface area is 112 Å². The fourth-order valence-corrected chi connectivity index (χ4v) is 2.35. The van der Waals surface area contributed by atoms with Crippen LogP contribution in [0.4, 0.5) is 5.69 Å². The molecule has 5 heteroatoms. The van der Waals surface area contributed by atoms with Gasteiger partial charge in [0.15, 0.2) is 0 Å². The summed E-state index contributed by atoms with van der Waals surface area (Å²) in [6, 6.07) is 5.74. The van der Waals surface area contributed by atoms with E-state index in [-0.39, 0.29) is 5.91 Å². The van der Waals surface area contributed by atoms with Gasteiger partial charge in [-0.05, 0) is 41.4 Å². The number of nitrogens with zero attached hydrogens (tertiary/aromatic N) is 1. The maximum atomic E-state index is 11.9. The van der Waals surface area contributed by atoms with Crippen LogP contribution in [0.2, 0.25) is 0 Å². The molecule has 1 aromatic heterocycles. The largest absolute Gasteiger partial charge is 0.320 e. The van der Waals surface area contributed by atoms with Crippen LogP contribution in [-0.4, -0.2) is 10.9 Å². The highest BCUT2D eigenvalue weighted by molar-refractivity contribution is 9.10. The van der Waals surface area contributed by atoms with Gasteiger partial charge in [0.2, 0.25) is 0 Å². The van der Waals surface area contributed by atoms with Crippen molar-refractivity contribution in [2.24, 2.45) is 0 Å². The molecule has 2 rings (SSSR count). The summed E-state index contributed by atoms with van der Waals surface area (Å²) >= 11 is 4.92. The third-order valence-corrected chi connectivity index (χ3v) is 4.12. The quantitative estimate of drug-likeness (QED) is 0.917. The molecule has 0 aliphatic heterocycles. The summed E-state index contributed by atoms with van der Waals surface area (Å²) in [5.41, 5.74) is 2.30. The second kappa shape index (κ2) is 4.98. The fraction of sp³-hybridized carbons (Fsp3) is 0.167. The van der Waals surface area contributed by atoms with Crippen molar-refractivity contribution in [1.82, 2.24) is 4.98 Å². The molecule has 2 aromatic rings. The maximum Gasteiger partial charge on any atom is 0.275 e. The molecule has 0 atom stereocenters. The third-order valence-electron chi connectivity index (χ3n) is 2.29. The van der Waals surface area contributed by atoms with E-state index in [9.17, 15) is 4.79 Å². The first-order valence-electron chi connectivity index (χ1n) is 5.06. The second-order valence-electron chi connectivity index (χ2n) is 3.64. The lowest BCUT2D eigenvalue weighted by molar-refractivity contribution is 0.102. The van der Waals surface area contributed by atoms with Gasteiger partial charge in [-0.15, -0.1) is 11.3 Å².